The van der Waals surface area contributed by atoms with Gasteiger partial charge in [-0.15, -0.1) is 0 Å². The van der Waals surface area contributed by atoms with Crippen LogP contribution in [0, 0.1) is 0 Å². The maximum Gasteiger partial charge on any atom is 0.122 e. The molecule has 4 heteroatoms. The Balaban J connectivity index is 1.79. The molecule has 0 saturated carbocycles. The Hall–Kier alpha value is -3.24. The first-order valence-electron chi connectivity index (χ1n) is 10.9. The Labute approximate surface area is 184 Å². The van der Waals surface area contributed by atoms with Gasteiger partial charge < -0.3 is 19.9 Å². The van der Waals surface area contributed by atoms with E-state index in [0.29, 0.717) is 6.61 Å². The minimum absolute atomic E-state index is 0.268. The van der Waals surface area contributed by atoms with Gasteiger partial charge in [0.1, 0.15) is 23.9 Å². The highest BCUT2D eigenvalue weighted by Gasteiger charge is 2.17. The molecule has 160 valence electrons. The van der Waals surface area contributed by atoms with E-state index in [-0.39, 0.29) is 5.75 Å². The van der Waals surface area contributed by atoms with Gasteiger partial charge in [-0.3, -0.25) is 0 Å². The molecule has 3 aromatic rings. The zero-order valence-corrected chi connectivity index (χ0v) is 18.2. The number of benzene rings is 3. The van der Waals surface area contributed by atoms with E-state index in [1.165, 1.54) is 22.3 Å². The quantitative estimate of drug-likeness (QED) is 0.387. The van der Waals surface area contributed by atoms with E-state index in [1.807, 2.05) is 31.3 Å². The molecule has 0 aromatic heterocycles. The summed E-state index contributed by atoms with van der Waals surface area (Å²) in [5.41, 5.74) is 7.12. The van der Waals surface area contributed by atoms with Gasteiger partial charge in [-0.2, -0.15) is 0 Å². The van der Waals surface area contributed by atoms with Crippen LogP contribution in [0.2, 0.25) is 0 Å². The van der Waals surface area contributed by atoms with Crippen molar-refractivity contribution in [3.8, 4) is 17.2 Å². The van der Waals surface area contributed by atoms with Crippen molar-refractivity contribution < 1.29 is 14.6 Å². The van der Waals surface area contributed by atoms with Crippen molar-refractivity contribution in [2.75, 3.05) is 26.8 Å². The van der Waals surface area contributed by atoms with Gasteiger partial charge in [-0.05, 0) is 83.3 Å². The summed E-state index contributed by atoms with van der Waals surface area (Å²) in [6.45, 7) is 4.38. The third-order valence-corrected chi connectivity index (χ3v) is 5.61. The molecule has 0 radical (unpaired) electrons. The van der Waals surface area contributed by atoms with E-state index < -0.39 is 0 Å². The number of phenols is 1. The lowest BCUT2D eigenvalue weighted by Gasteiger charge is -2.17. The van der Waals surface area contributed by atoms with Gasteiger partial charge in [0.15, 0.2) is 0 Å². The summed E-state index contributed by atoms with van der Waals surface area (Å²) < 4.78 is 11.5. The van der Waals surface area contributed by atoms with E-state index in [2.05, 4.69) is 42.6 Å². The monoisotopic (exact) mass is 415 g/mol. The summed E-state index contributed by atoms with van der Waals surface area (Å²) in [7, 11) is 1.92. The number of phenolic OH excluding ortho intramolecular Hbond substituents is 1. The number of likely N-dealkylation sites (N-methyl/N-ethyl adjacent to an activating group) is 1. The molecule has 2 N–H and O–H groups in total. The van der Waals surface area contributed by atoms with Gasteiger partial charge in [0, 0.05) is 13.0 Å². The van der Waals surface area contributed by atoms with Gasteiger partial charge in [0.05, 0.1) is 6.61 Å². The first-order chi connectivity index (χ1) is 15.2. The number of nitrogens with one attached hydrogen (secondary N) is 1. The molecule has 1 aliphatic heterocycles. The minimum Gasteiger partial charge on any atom is -0.508 e. The fourth-order valence-electron chi connectivity index (χ4n) is 4.03. The number of ether oxygens (including phenoxy) is 2. The van der Waals surface area contributed by atoms with Crippen LogP contribution in [0.1, 0.15) is 35.6 Å². The summed E-state index contributed by atoms with van der Waals surface area (Å²) in [6.07, 6.45) is 1.84. The van der Waals surface area contributed by atoms with Crippen LogP contribution in [-0.2, 0) is 6.42 Å². The standard InChI is InChI=1S/C27H29NO3/c1-3-25(21-8-13-26-22(18-21)14-16-31-26)27(19-4-9-23(29)10-5-19)20-6-11-24(12-7-20)30-17-15-28-2/h4-13,18,28-29H,3,14-17H2,1-2H3. The molecule has 0 amide bonds. The third-order valence-electron chi connectivity index (χ3n) is 5.61. The predicted molar refractivity (Wildman–Crippen MR) is 126 cm³/mol. The van der Waals surface area contributed by atoms with Crippen LogP contribution in [0.5, 0.6) is 17.2 Å². The molecular weight excluding hydrogens is 386 g/mol. The lowest BCUT2D eigenvalue weighted by Crippen LogP contribution is -2.15. The molecule has 1 heterocycles. The van der Waals surface area contributed by atoms with Gasteiger partial charge in [-0.25, -0.2) is 0 Å². The van der Waals surface area contributed by atoms with Crippen LogP contribution < -0.4 is 14.8 Å². The maximum atomic E-state index is 9.82. The second-order valence-electron chi connectivity index (χ2n) is 7.65. The van der Waals surface area contributed by atoms with E-state index in [0.717, 1.165) is 48.6 Å². The summed E-state index contributed by atoms with van der Waals surface area (Å²) in [5.74, 6) is 2.12. The lowest BCUT2D eigenvalue weighted by atomic mass is 9.87. The van der Waals surface area contributed by atoms with Crippen molar-refractivity contribution in [3.05, 3.63) is 89.0 Å². The Morgan fingerprint density at radius 3 is 2.32 bits per heavy atom. The first-order valence-corrected chi connectivity index (χ1v) is 10.9. The summed E-state index contributed by atoms with van der Waals surface area (Å²) in [4.78, 5) is 0. The summed E-state index contributed by atoms with van der Waals surface area (Å²) in [6, 6.07) is 22.2. The summed E-state index contributed by atoms with van der Waals surface area (Å²) >= 11 is 0. The maximum absolute atomic E-state index is 9.82. The fourth-order valence-corrected chi connectivity index (χ4v) is 4.03. The number of aromatic hydroxyl groups is 1. The number of rotatable bonds is 8. The second kappa shape index (κ2) is 9.71. The smallest absolute Gasteiger partial charge is 0.122 e. The van der Waals surface area contributed by atoms with Crippen molar-refractivity contribution in [2.45, 2.75) is 19.8 Å². The molecule has 31 heavy (non-hydrogen) atoms. The zero-order chi connectivity index (χ0) is 21.6. The third kappa shape index (κ3) is 4.75. The molecule has 0 atom stereocenters. The molecule has 4 rings (SSSR count). The molecular formula is C27H29NO3. The Morgan fingerprint density at radius 1 is 0.968 bits per heavy atom. The highest BCUT2D eigenvalue weighted by molar-refractivity contribution is 5.98. The van der Waals surface area contributed by atoms with Crippen LogP contribution >= 0.6 is 0 Å². The van der Waals surface area contributed by atoms with Gasteiger partial charge >= 0.3 is 0 Å². The van der Waals surface area contributed by atoms with Crippen molar-refractivity contribution in [1.82, 2.24) is 5.32 Å². The molecule has 1 aliphatic rings. The van der Waals surface area contributed by atoms with Gasteiger partial charge in [0.2, 0.25) is 0 Å². The molecule has 4 nitrogen and oxygen atoms in total. The number of hydrogen-bond donors (Lipinski definition) is 2. The van der Waals surface area contributed by atoms with Crippen molar-refractivity contribution >= 4 is 11.1 Å². The topological polar surface area (TPSA) is 50.7 Å². The highest BCUT2D eigenvalue weighted by Crippen LogP contribution is 2.37. The Morgan fingerprint density at radius 2 is 1.65 bits per heavy atom. The number of allylic oxidation sites excluding steroid dienone is 1. The Bertz CT molecular complexity index is 1050. The fraction of sp³-hybridized carbons (Fsp3) is 0.259. The predicted octanol–water partition coefficient (Wildman–Crippen LogP) is 5.29. The molecule has 0 bridgehead atoms. The molecule has 0 saturated heterocycles. The SMILES string of the molecule is CCC(=C(c1ccc(O)cc1)c1ccc(OCCNC)cc1)c1ccc2c(c1)CCO2. The molecule has 0 fully saturated rings. The van der Waals surface area contributed by atoms with Crippen molar-refractivity contribution in [2.24, 2.45) is 0 Å². The average molecular weight is 416 g/mol. The second-order valence-corrected chi connectivity index (χ2v) is 7.65. The largest absolute Gasteiger partial charge is 0.508 e. The molecule has 3 aromatic carbocycles. The highest BCUT2D eigenvalue weighted by atomic mass is 16.5. The van der Waals surface area contributed by atoms with E-state index >= 15 is 0 Å². The van der Waals surface area contributed by atoms with Crippen LogP contribution in [0.25, 0.3) is 11.1 Å². The van der Waals surface area contributed by atoms with Crippen molar-refractivity contribution in [1.29, 1.82) is 0 Å². The minimum atomic E-state index is 0.268. The van der Waals surface area contributed by atoms with E-state index in [9.17, 15) is 5.11 Å². The van der Waals surface area contributed by atoms with E-state index in [1.54, 1.807) is 12.1 Å². The normalized spacial score (nSPS) is 13.4. The summed E-state index contributed by atoms with van der Waals surface area (Å²) in [5, 5.41) is 12.9. The molecule has 0 aliphatic carbocycles. The van der Waals surface area contributed by atoms with Gasteiger partial charge in [0.25, 0.3) is 0 Å². The van der Waals surface area contributed by atoms with Crippen LogP contribution in [0.15, 0.2) is 66.7 Å². The molecule has 0 unspecified atom stereocenters. The zero-order valence-electron chi connectivity index (χ0n) is 18.2. The molecule has 0 spiro atoms. The van der Waals surface area contributed by atoms with Crippen LogP contribution in [0.4, 0.5) is 0 Å². The number of hydrogen-bond acceptors (Lipinski definition) is 4. The van der Waals surface area contributed by atoms with Crippen molar-refractivity contribution in [3.63, 3.8) is 0 Å². The first kappa shape index (κ1) is 21.0. The average Bonchev–Trinajstić information content (AvgIpc) is 3.27. The van der Waals surface area contributed by atoms with E-state index in [4.69, 9.17) is 9.47 Å². The number of fused-ring (bicyclic) bond motifs is 1. The van der Waals surface area contributed by atoms with Crippen LogP contribution in [-0.4, -0.2) is 31.9 Å². The Kier molecular flexibility index (Phi) is 6.58. The van der Waals surface area contributed by atoms with Crippen LogP contribution in [0.3, 0.4) is 0 Å². The lowest BCUT2D eigenvalue weighted by molar-refractivity contribution is 0.318. The van der Waals surface area contributed by atoms with Gasteiger partial charge in [-0.1, -0.05) is 37.3 Å².